The van der Waals surface area contributed by atoms with Gasteiger partial charge in [0.25, 0.3) is 0 Å². The first-order chi connectivity index (χ1) is 12.1. The Kier molecular flexibility index (Phi) is 6.40. The Bertz CT molecular complexity index is 677. The van der Waals surface area contributed by atoms with E-state index in [-0.39, 0.29) is 18.4 Å². The summed E-state index contributed by atoms with van der Waals surface area (Å²) >= 11 is 12.3. The van der Waals surface area contributed by atoms with Crippen LogP contribution < -0.4 is 5.32 Å². The van der Waals surface area contributed by atoms with Gasteiger partial charge in [-0.15, -0.1) is 0 Å². The molecule has 1 aliphatic rings. The number of nitrogens with zero attached hydrogens (tertiary/aromatic N) is 1. The molecule has 1 atom stereocenters. The smallest absolute Gasteiger partial charge is 0.224 e. The Morgan fingerprint density at radius 1 is 1.12 bits per heavy atom. The Morgan fingerprint density at radius 3 is 2.48 bits per heavy atom. The van der Waals surface area contributed by atoms with Gasteiger partial charge in [0.2, 0.25) is 5.91 Å². The highest BCUT2D eigenvalue weighted by Crippen LogP contribution is 2.26. The SMILES string of the molecule is O=C(Cc1c(Cl)cccc1Cl)NC[C@@H](c1ccco1)N1CCCCC1. The molecule has 1 saturated heterocycles. The van der Waals surface area contributed by atoms with Crippen LogP contribution in [0.3, 0.4) is 0 Å². The first kappa shape index (κ1) is 18.3. The minimum Gasteiger partial charge on any atom is -0.468 e. The van der Waals surface area contributed by atoms with Gasteiger partial charge in [0.1, 0.15) is 5.76 Å². The number of benzene rings is 1. The summed E-state index contributed by atoms with van der Waals surface area (Å²) in [6.45, 7) is 2.56. The monoisotopic (exact) mass is 380 g/mol. The van der Waals surface area contributed by atoms with E-state index in [1.165, 1.54) is 19.3 Å². The summed E-state index contributed by atoms with van der Waals surface area (Å²) in [6, 6.07) is 9.18. The van der Waals surface area contributed by atoms with Crippen molar-refractivity contribution in [1.82, 2.24) is 10.2 Å². The summed E-state index contributed by atoms with van der Waals surface area (Å²) in [4.78, 5) is 14.8. The Hall–Kier alpha value is -1.49. The van der Waals surface area contributed by atoms with Crippen molar-refractivity contribution in [3.05, 3.63) is 58.0 Å². The van der Waals surface area contributed by atoms with Gasteiger partial charge in [-0.25, -0.2) is 0 Å². The molecule has 1 aliphatic heterocycles. The molecule has 0 aliphatic carbocycles. The van der Waals surface area contributed by atoms with Gasteiger partial charge >= 0.3 is 0 Å². The van der Waals surface area contributed by atoms with Crippen molar-refractivity contribution in [3.8, 4) is 0 Å². The third-order valence-corrected chi connectivity index (χ3v) is 5.30. The van der Waals surface area contributed by atoms with Crippen LogP contribution in [0.2, 0.25) is 10.0 Å². The normalized spacial score (nSPS) is 16.6. The van der Waals surface area contributed by atoms with E-state index in [9.17, 15) is 4.79 Å². The van der Waals surface area contributed by atoms with Crippen molar-refractivity contribution in [1.29, 1.82) is 0 Å². The van der Waals surface area contributed by atoms with Crippen molar-refractivity contribution in [2.45, 2.75) is 31.7 Å². The summed E-state index contributed by atoms with van der Waals surface area (Å²) in [6.07, 6.45) is 5.47. The van der Waals surface area contributed by atoms with Gasteiger partial charge < -0.3 is 9.73 Å². The number of amides is 1. The fraction of sp³-hybridized carbons (Fsp3) is 0.421. The third kappa shape index (κ3) is 4.78. The van der Waals surface area contributed by atoms with Crippen LogP contribution in [0.5, 0.6) is 0 Å². The van der Waals surface area contributed by atoms with Gasteiger partial charge in [-0.1, -0.05) is 35.7 Å². The quantitative estimate of drug-likeness (QED) is 0.803. The fourth-order valence-corrected chi connectivity index (χ4v) is 3.79. The number of carbonyl (C=O) groups excluding carboxylic acids is 1. The number of nitrogens with one attached hydrogen (secondary N) is 1. The molecule has 0 bridgehead atoms. The molecular formula is C19H22Cl2N2O2. The number of hydrogen-bond donors (Lipinski definition) is 1. The predicted molar refractivity (Wildman–Crippen MR) is 100 cm³/mol. The lowest BCUT2D eigenvalue weighted by Gasteiger charge is -2.33. The van der Waals surface area contributed by atoms with E-state index in [4.69, 9.17) is 27.6 Å². The summed E-state index contributed by atoms with van der Waals surface area (Å²) in [5, 5.41) is 4.04. The number of likely N-dealkylation sites (tertiary alicyclic amines) is 1. The van der Waals surface area contributed by atoms with Crippen LogP contribution in [0.25, 0.3) is 0 Å². The number of furan rings is 1. The third-order valence-electron chi connectivity index (χ3n) is 4.59. The topological polar surface area (TPSA) is 45.5 Å². The second-order valence-corrected chi connectivity index (χ2v) is 7.12. The van der Waals surface area contributed by atoms with E-state index in [1.807, 2.05) is 12.1 Å². The first-order valence-electron chi connectivity index (χ1n) is 8.62. The minimum atomic E-state index is -0.0939. The fourth-order valence-electron chi connectivity index (χ4n) is 3.26. The van der Waals surface area contributed by atoms with Crippen LogP contribution in [-0.4, -0.2) is 30.4 Å². The van der Waals surface area contributed by atoms with Crippen LogP contribution in [0.1, 0.15) is 36.6 Å². The van der Waals surface area contributed by atoms with E-state index in [0.29, 0.717) is 22.2 Å². The molecule has 4 nitrogen and oxygen atoms in total. The van der Waals surface area contributed by atoms with Gasteiger partial charge in [0.15, 0.2) is 0 Å². The van der Waals surface area contributed by atoms with Crippen molar-refractivity contribution in [2.75, 3.05) is 19.6 Å². The van der Waals surface area contributed by atoms with Gasteiger partial charge in [-0.2, -0.15) is 0 Å². The highest BCUT2D eigenvalue weighted by atomic mass is 35.5. The number of halogens is 2. The molecule has 0 unspecified atom stereocenters. The summed E-state index contributed by atoms with van der Waals surface area (Å²) < 4.78 is 5.60. The van der Waals surface area contributed by atoms with Crippen LogP contribution in [0.15, 0.2) is 41.0 Å². The van der Waals surface area contributed by atoms with E-state index >= 15 is 0 Å². The molecule has 25 heavy (non-hydrogen) atoms. The molecule has 2 aromatic rings. The summed E-state index contributed by atoms with van der Waals surface area (Å²) in [5.41, 5.74) is 0.663. The lowest BCUT2D eigenvalue weighted by atomic mass is 10.1. The van der Waals surface area contributed by atoms with Crippen molar-refractivity contribution >= 4 is 29.1 Å². The van der Waals surface area contributed by atoms with Gasteiger partial charge in [0, 0.05) is 16.6 Å². The van der Waals surface area contributed by atoms with Gasteiger partial charge in [-0.05, 0) is 55.8 Å². The van der Waals surface area contributed by atoms with E-state index in [2.05, 4.69) is 10.2 Å². The van der Waals surface area contributed by atoms with Crippen LogP contribution in [0, 0.1) is 0 Å². The molecule has 1 amide bonds. The summed E-state index contributed by atoms with van der Waals surface area (Å²) in [5.74, 6) is 0.793. The molecule has 0 spiro atoms. The zero-order valence-electron chi connectivity index (χ0n) is 14.0. The van der Waals surface area contributed by atoms with Gasteiger partial charge in [-0.3, -0.25) is 9.69 Å². The maximum atomic E-state index is 12.4. The van der Waals surface area contributed by atoms with Crippen LogP contribution in [-0.2, 0) is 11.2 Å². The molecule has 6 heteroatoms. The van der Waals surface area contributed by atoms with Crippen molar-refractivity contribution in [3.63, 3.8) is 0 Å². The standard InChI is InChI=1S/C19H22Cl2N2O2/c20-15-6-4-7-16(21)14(15)12-19(24)22-13-17(18-8-5-11-25-18)23-9-2-1-3-10-23/h4-8,11,17H,1-3,9-10,12-13H2,(H,22,24)/t17-/m0/s1. The number of rotatable bonds is 6. The van der Waals surface area contributed by atoms with Crippen LogP contribution in [0.4, 0.5) is 0 Å². The number of piperidine rings is 1. The Morgan fingerprint density at radius 2 is 1.84 bits per heavy atom. The number of carbonyl (C=O) groups is 1. The Labute approximate surface area is 158 Å². The first-order valence-corrected chi connectivity index (χ1v) is 9.38. The second kappa shape index (κ2) is 8.75. The lowest BCUT2D eigenvalue weighted by Crippen LogP contribution is -2.40. The van der Waals surface area contributed by atoms with Gasteiger partial charge in [0.05, 0.1) is 18.7 Å². The lowest BCUT2D eigenvalue weighted by molar-refractivity contribution is -0.120. The maximum Gasteiger partial charge on any atom is 0.224 e. The highest BCUT2D eigenvalue weighted by Gasteiger charge is 2.25. The molecule has 134 valence electrons. The molecule has 3 rings (SSSR count). The zero-order chi connectivity index (χ0) is 17.6. The van der Waals surface area contributed by atoms with Crippen LogP contribution >= 0.6 is 23.2 Å². The predicted octanol–water partition coefficient (Wildman–Crippen LogP) is 4.47. The molecular weight excluding hydrogens is 359 g/mol. The molecule has 2 heterocycles. The molecule has 0 radical (unpaired) electrons. The second-order valence-electron chi connectivity index (χ2n) is 6.31. The molecule has 1 aromatic heterocycles. The molecule has 1 aromatic carbocycles. The largest absolute Gasteiger partial charge is 0.468 e. The highest BCUT2D eigenvalue weighted by molar-refractivity contribution is 6.36. The number of hydrogen-bond acceptors (Lipinski definition) is 3. The maximum absolute atomic E-state index is 12.4. The van der Waals surface area contributed by atoms with E-state index in [1.54, 1.807) is 24.5 Å². The van der Waals surface area contributed by atoms with Crippen molar-refractivity contribution in [2.24, 2.45) is 0 Å². The van der Waals surface area contributed by atoms with E-state index in [0.717, 1.165) is 18.8 Å². The zero-order valence-corrected chi connectivity index (χ0v) is 15.5. The average molecular weight is 381 g/mol. The summed E-state index contributed by atoms with van der Waals surface area (Å²) in [7, 11) is 0. The average Bonchev–Trinajstić information content (AvgIpc) is 3.14. The molecule has 1 fully saturated rings. The minimum absolute atomic E-state index is 0.0565. The molecule has 0 saturated carbocycles. The van der Waals surface area contributed by atoms with E-state index < -0.39 is 0 Å². The molecule has 1 N–H and O–H groups in total. The Balaban J connectivity index is 1.63. The van der Waals surface area contributed by atoms with Crippen molar-refractivity contribution < 1.29 is 9.21 Å².